The first-order valence-corrected chi connectivity index (χ1v) is 6.50. The Morgan fingerprint density at radius 2 is 1.79 bits per heavy atom. The van der Waals surface area contributed by atoms with E-state index in [0.29, 0.717) is 25.3 Å². The molecule has 1 aromatic rings. The van der Waals surface area contributed by atoms with Crippen molar-refractivity contribution < 1.29 is 18.3 Å². The Labute approximate surface area is 112 Å². The van der Waals surface area contributed by atoms with Crippen LogP contribution in [0.3, 0.4) is 0 Å². The van der Waals surface area contributed by atoms with Gasteiger partial charge in [-0.25, -0.2) is 8.78 Å². The highest BCUT2D eigenvalue weighted by Gasteiger charge is 2.14. The maximum Gasteiger partial charge on any atom is 0.169 e. The summed E-state index contributed by atoms with van der Waals surface area (Å²) in [6, 6.07) is 3.33. The Balaban J connectivity index is 2.55. The molecule has 0 fully saturated rings. The van der Waals surface area contributed by atoms with Gasteiger partial charge in [-0.1, -0.05) is 6.07 Å². The molecule has 0 saturated heterocycles. The molecule has 0 spiro atoms. The molecule has 19 heavy (non-hydrogen) atoms. The summed E-state index contributed by atoms with van der Waals surface area (Å²) in [7, 11) is 0. The number of hydrogen-bond donors (Lipinski definition) is 1. The van der Waals surface area contributed by atoms with Gasteiger partial charge >= 0.3 is 0 Å². The summed E-state index contributed by atoms with van der Waals surface area (Å²) < 4.78 is 37.2. The molecule has 0 aromatic heterocycles. The van der Waals surface area contributed by atoms with E-state index < -0.39 is 11.6 Å². The quantitative estimate of drug-likeness (QED) is 0.739. The van der Waals surface area contributed by atoms with Gasteiger partial charge in [0.05, 0.1) is 0 Å². The second-order valence-corrected chi connectivity index (χ2v) is 4.14. The van der Waals surface area contributed by atoms with Crippen molar-refractivity contribution in [2.75, 3.05) is 19.8 Å². The lowest BCUT2D eigenvalue weighted by Gasteiger charge is -2.21. The van der Waals surface area contributed by atoms with Crippen molar-refractivity contribution in [2.24, 2.45) is 0 Å². The highest BCUT2D eigenvalue weighted by molar-refractivity contribution is 5.21. The normalized spacial score (nSPS) is 12.9. The minimum Gasteiger partial charge on any atom is -0.352 e. The third-order valence-electron chi connectivity index (χ3n) is 2.72. The summed E-state index contributed by atoms with van der Waals surface area (Å²) in [6.07, 6.45) is -0.360. The van der Waals surface area contributed by atoms with Crippen LogP contribution in [0.5, 0.6) is 0 Å². The van der Waals surface area contributed by atoms with Crippen LogP contribution in [0.1, 0.15) is 32.4 Å². The molecule has 0 aliphatic heterocycles. The third-order valence-corrected chi connectivity index (χ3v) is 2.72. The standard InChI is InChI=1S/C14H21F2NO2/c1-4-18-14(19-5-2)9-17-10(3)12-7-6-11(15)8-13(12)16/h6-8,10,14,17H,4-5,9H2,1-3H3. The van der Waals surface area contributed by atoms with Gasteiger partial charge in [0.15, 0.2) is 6.29 Å². The zero-order chi connectivity index (χ0) is 14.3. The maximum absolute atomic E-state index is 13.6. The fraction of sp³-hybridized carbons (Fsp3) is 0.571. The minimum atomic E-state index is -0.574. The predicted octanol–water partition coefficient (Wildman–Crippen LogP) is 3.01. The van der Waals surface area contributed by atoms with E-state index in [4.69, 9.17) is 9.47 Å². The van der Waals surface area contributed by atoms with Crippen LogP contribution in [-0.4, -0.2) is 26.0 Å². The zero-order valence-corrected chi connectivity index (χ0v) is 11.6. The van der Waals surface area contributed by atoms with Gasteiger partial charge in [0.2, 0.25) is 0 Å². The molecule has 5 heteroatoms. The Hall–Kier alpha value is -1.04. The molecule has 0 aliphatic carbocycles. The summed E-state index contributed by atoms with van der Waals surface area (Å²) in [5.41, 5.74) is 0.424. The maximum atomic E-state index is 13.6. The first kappa shape index (κ1) is 16.0. The predicted molar refractivity (Wildman–Crippen MR) is 69.8 cm³/mol. The van der Waals surface area contributed by atoms with E-state index >= 15 is 0 Å². The van der Waals surface area contributed by atoms with E-state index in [0.717, 1.165) is 6.07 Å². The monoisotopic (exact) mass is 273 g/mol. The highest BCUT2D eigenvalue weighted by atomic mass is 19.1. The van der Waals surface area contributed by atoms with E-state index in [1.54, 1.807) is 0 Å². The Morgan fingerprint density at radius 1 is 1.16 bits per heavy atom. The smallest absolute Gasteiger partial charge is 0.169 e. The van der Waals surface area contributed by atoms with Crippen molar-refractivity contribution in [2.45, 2.75) is 33.1 Å². The second-order valence-electron chi connectivity index (χ2n) is 4.14. The van der Waals surface area contributed by atoms with Crippen molar-refractivity contribution in [3.8, 4) is 0 Å². The summed E-state index contributed by atoms with van der Waals surface area (Å²) in [5.74, 6) is -1.13. The fourth-order valence-corrected chi connectivity index (χ4v) is 1.77. The van der Waals surface area contributed by atoms with E-state index in [1.807, 2.05) is 20.8 Å². The van der Waals surface area contributed by atoms with Gasteiger partial charge in [-0.15, -0.1) is 0 Å². The van der Waals surface area contributed by atoms with Crippen molar-refractivity contribution in [3.05, 3.63) is 35.4 Å². The highest BCUT2D eigenvalue weighted by Crippen LogP contribution is 2.17. The molecule has 3 nitrogen and oxygen atoms in total. The van der Waals surface area contributed by atoms with E-state index in [9.17, 15) is 8.78 Å². The van der Waals surface area contributed by atoms with E-state index in [1.165, 1.54) is 12.1 Å². The van der Waals surface area contributed by atoms with Gasteiger partial charge < -0.3 is 14.8 Å². The van der Waals surface area contributed by atoms with Crippen molar-refractivity contribution in [1.82, 2.24) is 5.32 Å². The zero-order valence-electron chi connectivity index (χ0n) is 11.6. The van der Waals surface area contributed by atoms with Gasteiger partial charge in [0, 0.05) is 37.4 Å². The molecule has 0 bridgehead atoms. The van der Waals surface area contributed by atoms with Crippen molar-refractivity contribution in [1.29, 1.82) is 0 Å². The molecule has 1 N–H and O–H groups in total. The van der Waals surface area contributed by atoms with E-state index in [2.05, 4.69) is 5.32 Å². The number of rotatable bonds is 8. The summed E-state index contributed by atoms with van der Waals surface area (Å²) in [6.45, 7) is 7.12. The van der Waals surface area contributed by atoms with Gasteiger partial charge in [-0.3, -0.25) is 0 Å². The van der Waals surface area contributed by atoms with Crippen molar-refractivity contribution >= 4 is 0 Å². The molecule has 1 unspecified atom stereocenters. The number of benzene rings is 1. The molecule has 0 aliphatic rings. The van der Waals surface area contributed by atoms with Crippen LogP contribution in [-0.2, 0) is 9.47 Å². The van der Waals surface area contributed by atoms with Crippen LogP contribution in [0, 0.1) is 11.6 Å². The number of ether oxygens (including phenoxy) is 2. The Kier molecular flexibility index (Phi) is 6.91. The SMILES string of the molecule is CCOC(CNC(C)c1ccc(F)cc1F)OCC. The summed E-state index contributed by atoms with van der Waals surface area (Å²) in [4.78, 5) is 0. The molecule has 1 rings (SSSR count). The molecule has 108 valence electrons. The van der Waals surface area contributed by atoms with Crippen LogP contribution in [0.15, 0.2) is 18.2 Å². The average Bonchev–Trinajstić information content (AvgIpc) is 2.36. The van der Waals surface area contributed by atoms with Gasteiger partial charge in [-0.2, -0.15) is 0 Å². The Bertz CT molecular complexity index is 382. The van der Waals surface area contributed by atoms with Gasteiger partial charge in [-0.05, 0) is 26.8 Å². The molecule has 1 aromatic carbocycles. The Morgan fingerprint density at radius 3 is 2.32 bits per heavy atom. The molecule has 0 radical (unpaired) electrons. The third kappa shape index (κ3) is 5.22. The van der Waals surface area contributed by atoms with Gasteiger partial charge in [0.1, 0.15) is 11.6 Å². The lowest BCUT2D eigenvalue weighted by Crippen LogP contribution is -2.33. The molecule has 0 saturated carbocycles. The van der Waals surface area contributed by atoms with Crippen LogP contribution >= 0.6 is 0 Å². The van der Waals surface area contributed by atoms with Crippen LogP contribution in [0.4, 0.5) is 8.78 Å². The number of hydrogen-bond acceptors (Lipinski definition) is 3. The average molecular weight is 273 g/mol. The summed E-state index contributed by atoms with van der Waals surface area (Å²) >= 11 is 0. The van der Waals surface area contributed by atoms with Crippen LogP contribution < -0.4 is 5.32 Å². The van der Waals surface area contributed by atoms with E-state index in [-0.39, 0.29) is 12.3 Å². The molecular formula is C14H21F2NO2. The number of nitrogens with one attached hydrogen (secondary N) is 1. The summed E-state index contributed by atoms with van der Waals surface area (Å²) in [5, 5.41) is 3.12. The first-order chi connectivity index (χ1) is 9.08. The minimum absolute atomic E-state index is 0.246. The second kappa shape index (κ2) is 8.19. The van der Waals surface area contributed by atoms with Gasteiger partial charge in [0.25, 0.3) is 0 Å². The lowest BCUT2D eigenvalue weighted by molar-refractivity contribution is -0.133. The molecule has 0 amide bonds. The van der Waals surface area contributed by atoms with Crippen LogP contribution in [0.2, 0.25) is 0 Å². The van der Waals surface area contributed by atoms with Crippen molar-refractivity contribution in [3.63, 3.8) is 0 Å². The first-order valence-electron chi connectivity index (χ1n) is 6.50. The molecule has 0 heterocycles. The topological polar surface area (TPSA) is 30.5 Å². The largest absolute Gasteiger partial charge is 0.352 e. The fourth-order valence-electron chi connectivity index (χ4n) is 1.77. The number of halogens is 2. The lowest BCUT2D eigenvalue weighted by atomic mass is 10.1. The van der Waals surface area contributed by atoms with Crippen LogP contribution in [0.25, 0.3) is 0 Å². The molecular weight excluding hydrogens is 252 g/mol. The molecule has 1 atom stereocenters.